The summed E-state index contributed by atoms with van der Waals surface area (Å²) in [5.74, 6) is 0.380. The summed E-state index contributed by atoms with van der Waals surface area (Å²) in [6.45, 7) is 0. The maximum absolute atomic E-state index is 14.3. The van der Waals surface area contributed by atoms with Crippen molar-refractivity contribution in [1.29, 1.82) is 5.26 Å². The van der Waals surface area contributed by atoms with Crippen LogP contribution in [0.25, 0.3) is 6.08 Å². The van der Waals surface area contributed by atoms with Crippen molar-refractivity contribution in [3.63, 3.8) is 0 Å². The van der Waals surface area contributed by atoms with E-state index in [1.165, 1.54) is 18.7 Å². The summed E-state index contributed by atoms with van der Waals surface area (Å²) in [4.78, 5) is 11.9. The molecule has 5 heteroatoms. The molecule has 4 rings (SSSR count). The molecule has 0 amide bonds. The highest BCUT2D eigenvalue weighted by molar-refractivity contribution is 5.89. The Bertz CT molecular complexity index is 1500. The van der Waals surface area contributed by atoms with Crippen LogP contribution in [0, 0.1) is 23.1 Å². The van der Waals surface area contributed by atoms with Crippen LogP contribution < -0.4 is 4.74 Å². The molecule has 0 saturated heterocycles. The summed E-state index contributed by atoms with van der Waals surface area (Å²) in [5.41, 5.74) is 6.59. The lowest BCUT2D eigenvalue weighted by Crippen LogP contribution is -2.05. The van der Waals surface area contributed by atoms with Crippen LogP contribution in [0.2, 0.25) is 0 Å². The lowest BCUT2D eigenvalue weighted by molar-refractivity contribution is 0.0600. The Labute approximate surface area is 241 Å². The number of aryl methyl sites for hydroxylation is 3. The van der Waals surface area contributed by atoms with Crippen molar-refractivity contribution in [1.82, 2.24) is 0 Å². The van der Waals surface area contributed by atoms with Gasteiger partial charge in [0.25, 0.3) is 0 Å². The van der Waals surface area contributed by atoms with Crippen LogP contribution in [0.4, 0.5) is 4.39 Å². The number of ether oxygens (including phenoxy) is 2. The average molecular weight is 548 g/mol. The van der Waals surface area contributed by atoms with E-state index < -0.39 is 0 Å². The van der Waals surface area contributed by atoms with Gasteiger partial charge in [0.15, 0.2) is 0 Å². The Hall–Kier alpha value is -4.69. The highest BCUT2D eigenvalue weighted by atomic mass is 19.1. The van der Waals surface area contributed by atoms with Gasteiger partial charge in [0.1, 0.15) is 11.6 Å². The summed E-state index contributed by atoms with van der Waals surface area (Å²) in [6, 6.07) is 30.3. The predicted octanol–water partition coefficient (Wildman–Crippen LogP) is 7.78. The first-order valence-corrected chi connectivity index (χ1v) is 13.7. The van der Waals surface area contributed by atoms with E-state index in [0.29, 0.717) is 11.1 Å². The van der Waals surface area contributed by atoms with Gasteiger partial charge in [0.2, 0.25) is 0 Å². The molecule has 0 fully saturated rings. The van der Waals surface area contributed by atoms with E-state index in [2.05, 4.69) is 24.3 Å². The fourth-order valence-corrected chi connectivity index (χ4v) is 4.82. The van der Waals surface area contributed by atoms with Crippen molar-refractivity contribution in [2.24, 2.45) is 5.92 Å². The van der Waals surface area contributed by atoms with Gasteiger partial charge < -0.3 is 9.47 Å². The Morgan fingerprint density at radius 1 is 0.854 bits per heavy atom. The number of allylic oxidation sites excluding steroid dienone is 1. The summed E-state index contributed by atoms with van der Waals surface area (Å²) < 4.78 is 24.4. The lowest BCUT2D eigenvalue weighted by Gasteiger charge is -2.15. The topological polar surface area (TPSA) is 59.3 Å². The average Bonchev–Trinajstić information content (AvgIpc) is 3.02. The number of hydrogen-bond acceptors (Lipinski definition) is 4. The molecule has 0 heterocycles. The molecular formula is C36H34FNO3. The summed E-state index contributed by atoms with van der Waals surface area (Å²) in [7, 11) is 3.03. The molecule has 0 aliphatic rings. The number of nitrogens with zero attached hydrogens (tertiary/aromatic N) is 1. The fraction of sp³-hybridized carbons (Fsp3) is 0.222. The van der Waals surface area contributed by atoms with Crippen molar-refractivity contribution >= 4 is 12.0 Å². The van der Waals surface area contributed by atoms with Gasteiger partial charge >= 0.3 is 5.97 Å². The second kappa shape index (κ2) is 14.6. The summed E-state index contributed by atoms with van der Waals surface area (Å²) >= 11 is 0. The maximum Gasteiger partial charge on any atom is 0.337 e. The van der Waals surface area contributed by atoms with Crippen molar-refractivity contribution < 1.29 is 18.7 Å². The molecule has 0 N–H and O–H groups in total. The Balaban J connectivity index is 1.52. The molecule has 0 spiro atoms. The number of methoxy groups -OCH3 is 2. The van der Waals surface area contributed by atoms with Crippen LogP contribution in [-0.4, -0.2) is 20.2 Å². The monoisotopic (exact) mass is 547 g/mol. The largest absolute Gasteiger partial charge is 0.497 e. The third kappa shape index (κ3) is 8.65. The minimum atomic E-state index is -0.359. The Kier molecular flexibility index (Phi) is 10.5. The van der Waals surface area contributed by atoms with Gasteiger partial charge in [-0.3, -0.25) is 0 Å². The standard InChI is InChI=1S/C36H34FNO3/c1-40-35-21-13-27(14-22-35)9-15-31-19-20-34(37)24-33(31)18-12-28(6-3-26-4-7-30(25-38)8-5-26)23-29-10-16-32(17-11-29)36(39)41-2/h4-5,7-8,10-14,16-22,24,28H,3,6,9,15,23H2,1-2H3/b18-12-. The van der Waals surface area contributed by atoms with Gasteiger partial charge in [-0.1, -0.05) is 54.6 Å². The van der Waals surface area contributed by atoms with Gasteiger partial charge in [-0.25, -0.2) is 9.18 Å². The Morgan fingerprint density at radius 2 is 1.51 bits per heavy atom. The molecule has 41 heavy (non-hydrogen) atoms. The molecule has 0 radical (unpaired) electrons. The van der Waals surface area contributed by atoms with Crippen LogP contribution in [0.15, 0.2) is 97.1 Å². The third-order valence-electron chi connectivity index (χ3n) is 7.26. The second-order valence-electron chi connectivity index (χ2n) is 10.1. The Morgan fingerprint density at radius 3 is 2.17 bits per heavy atom. The predicted molar refractivity (Wildman–Crippen MR) is 160 cm³/mol. The quantitative estimate of drug-likeness (QED) is 0.170. The smallest absolute Gasteiger partial charge is 0.337 e. The van der Waals surface area contributed by atoms with Crippen molar-refractivity contribution in [2.45, 2.75) is 32.1 Å². The number of carbonyl (C=O) groups is 1. The molecule has 208 valence electrons. The maximum atomic E-state index is 14.3. The number of hydrogen-bond donors (Lipinski definition) is 0. The second-order valence-corrected chi connectivity index (χ2v) is 10.1. The van der Waals surface area contributed by atoms with E-state index in [1.807, 2.05) is 60.7 Å². The number of benzene rings is 4. The van der Waals surface area contributed by atoms with Crippen LogP contribution in [-0.2, 0) is 30.4 Å². The van der Waals surface area contributed by atoms with E-state index in [1.54, 1.807) is 25.3 Å². The van der Waals surface area contributed by atoms with Crippen LogP contribution in [0.1, 0.15) is 50.2 Å². The molecule has 1 unspecified atom stereocenters. The SMILES string of the molecule is COC(=O)c1ccc(CC(/C=C\c2cc(F)ccc2CCc2ccc(OC)cc2)CCc2ccc(C#N)cc2)cc1. The molecule has 1 atom stereocenters. The first kappa shape index (κ1) is 29.3. The number of esters is 1. The highest BCUT2D eigenvalue weighted by Crippen LogP contribution is 2.23. The molecule has 4 aromatic rings. The molecule has 0 aliphatic heterocycles. The van der Waals surface area contributed by atoms with Gasteiger partial charge in [0.05, 0.1) is 31.4 Å². The number of rotatable bonds is 12. The number of nitriles is 1. The van der Waals surface area contributed by atoms with Crippen LogP contribution in [0.3, 0.4) is 0 Å². The van der Waals surface area contributed by atoms with Crippen LogP contribution >= 0.6 is 0 Å². The van der Waals surface area contributed by atoms with Crippen LogP contribution in [0.5, 0.6) is 5.75 Å². The van der Waals surface area contributed by atoms with E-state index in [-0.39, 0.29) is 17.7 Å². The molecule has 0 bridgehead atoms. The van der Waals surface area contributed by atoms with Gasteiger partial charge in [-0.15, -0.1) is 0 Å². The lowest BCUT2D eigenvalue weighted by atomic mass is 9.90. The highest BCUT2D eigenvalue weighted by Gasteiger charge is 2.11. The molecule has 0 aromatic heterocycles. The first-order chi connectivity index (χ1) is 20.0. The first-order valence-electron chi connectivity index (χ1n) is 13.7. The molecular weight excluding hydrogens is 513 g/mol. The summed E-state index contributed by atoms with van der Waals surface area (Å²) in [6.07, 6.45) is 8.32. The van der Waals surface area contributed by atoms with Crippen molar-refractivity contribution in [3.05, 3.63) is 142 Å². The van der Waals surface area contributed by atoms with E-state index >= 15 is 0 Å². The zero-order valence-electron chi connectivity index (χ0n) is 23.5. The zero-order chi connectivity index (χ0) is 29.0. The minimum absolute atomic E-state index is 0.173. The zero-order valence-corrected chi connectivity index (χ0v) is 23.5. The molecule has 4 nitrogen and oxygen atoms in total. The third-order valence-corrected chi connectivity index (χ3v) is 7.26. The normalized spacial score (nSPS) is 11.7. The van der Waals surface area contributed by atoms with Crippen molar-refractivity contribution in [2.75, 3.05) is 14.2 Å². The van der Waals surface area contributed by atoms with Crippen molar-refractivity contribution in [3.8, 4) is 11.8 Å². The van der Waals surface area contributed by atoms with E-state index in [9.17, 15) is 9.18 Å². The van der Waals surface area contributed by atoms with E-state index in [4.69, 9.17) is 14.7 Å². The molecule has 0 aliphatic carbocycles. The van der Waals surface area contributed by atoms with E-state index in [0.717, 1.165) is 60.1 Å². The molecule has 0 saturated carbocycles. The minimum Gasteiger partial charge on any atom is -0.497 e. The fourth-order valence-electron chi connectivity index (χ4n) is 4.82. The van der Waals surface area contributed by atoms with Gasteiger partial charge in [-0.05, 0) is 114 Å². The van der Waals surface area contributed by atoms with Gasteiger partial charge in [0, 0.05) is 0 Å². The number of carbonyl (C=O) groups excluding carboxylic acids is 1. The number of halogens is 1. The molecule has 4 aromatic carbocycles. The van der Waals surface area contributed by atoms with Gasteiger partial charge in [-0.2, -0.15) is 5.26 Å². The summed E-state index contributed by atoms with van der Waals surface area (Å²) in [5, 5.41) is 9.10.